The van der Waals surface area contributed by atoms with Gasteiger partial charge in [0.25, 0.3) is 0 Å². The van der Waals surface area contributed by atoms with E-state index in [0.717, 1.165) is 20.8 Å². The van der Waals surface area contributed by atoms with Crippen molar-refractivity contribution in [1.82, 2.24) is 0 Å². The van der Waals surface area contributed by atoms with Crippen molar-refractivity contribution in [2.45, 2.75) is 114 Å². The molecule has 7 aromatic carbocycles. The number of rotatable bonds is 24. The Morgan fingerprint density at radius 2 is 0.535 bits per heavy atom. The highest BCUT2D eigenvalue weighted by molar-refractivity contribution is 5.93. The Balaban J connectivity index is 1.06. The largest absolute Gasteiger partial charge is 0.459 e. The molecule has 0 amide bonds. The highest BCUT2D eigenvalue weighted by atomic mass is 16.8. The van der Waals surface area contributed by atoms with Gasteiger partial charge >= 0.3 is 59.7 Å². The van der Waals surface area contributed by atoms with Crippen LogP contribution >= 0.6 is 0 Å². The molecule has 14 unspecified atom stereocenters. The van der Waals surface area contributed by atoms with Crippen LogP contribution in [0.25, 0.3) is 0 Å². The lowest BCUT2D eigenvalue weighted by Gasteiger charge is -2.49. The fourth-order valence-electron chi connectivity index (χ4n) is 11.1. The molecule has 10 rings (SSSR count). The first-order valence-corrected chi connectivity index (χ1v) is 31.4. The third-order valence-electron chi connectivity index (χ3n) is 15.8. The highest BCUT2D eigenvalue weighted by Crippen LogP contribution is 2.39. The molecule has 0 radical (unpaired) electrons. The summed E-state index contributed by atoms with van der Waals surface area (Å²) in [4.78, 5) is 140. The number of carbonyl (C=O) groups is 10. The first-order valence-electron chi connectivity index (χ1n) is 31.4. The third-order valence-corrected chi connectivity index (χ3v) is 15.8. The maximum atomic E-state index is 14.6. The molecule has 3 aliphatic heterocycles. The number of benzene rings is 7. The second-order valence-electron chi connectivity index (χ2n) is 22.8. The molecule has 514 valence electrons. The summed E-state index contributed by atoms with van der Waals surface area (Å²) in [5.74, 6) is -10.9. The number of hydrogen-bond acceptors (Lipinski definition) is 25. The van der Waals surface area contributed by atoms with Crippen LogP contribution < -0.4 is 0 Å². The van der Waals surface area contributed by atoms with Gasteiger partial charge in [0.15, 0.2) is 49.2 Å². The Kier molecular flexibility index (Phi) is 24.2. The van der Waals surface area contributed by atoms with Gasteiger partial charge in [-0.15, -0.1) is 0 Å². The molecule has 3 heterocycles. The Labute approximate surface area is 567 Å². The van der Waals surface area contributed by atoms with Crippen LogP contribution in [0, 0.1) is 5.92 Å². The Hall–Kier alpha value is -11.0. The standard InChI is InChI=1S/C74H68O25/c1-43-57(94-67(80)49-30-16-7-17-31-49)58(95-68(81)50-32-18-8-19-33-50)54(40-85-65(78)47-26-12-5-13-27-47)91-72(43)87-42-56-59(88-44(2)75)62(63(89-45(3)76)73(92-56)90-46(4)77)99-74-64(98-71(84)53-38-24-11-25-39-53)61(97-70(83)52-36-22-10-23-37-52)60(96-69(82)51-34-20-9-21-35-51)55(93-74)41-86-66(79)48-28-14-6-15-29-48/h5-39,43,54-64,72-74H,40-42H2,1-4H3/t43?,54?,55?,56?,57?,58?,59-,60?,61?,62?,63?,64?,72?,73?,74?/m1/s1. The topological polar surface area (TPSA) is 309 Å². The van der Waals surface area contributed by atoms with Crippen LogP contribution in [0.15, 0.2) is 212 Å². The van der Waals surface area contributed by atoms with Gasteiger partial charge in [-0.25, -0.2) is 33.6 Å². The SMILES string of the molecule is CC(=O)OC1OC(COC2OC(COC(=O)c3ccccc3)C(OC(=O)c3ccccc3)C(OC(=O)c3ccccc3)C2C)[C@@H](OC(C)=O)C(OC2OC(COC(=O)c3ccccc3)C(OC(=O)c3ccccc3)C(OC(=O)c3ccccc3)C2OC(=O)c2ccccc2)C1OC(C)=O. The predicted octanol–water partition coefficient (Wildman–Crippen LogP) is 8.47. The number of hydrogen-bond donors (Lipinski definition) is 0. The summed E-state index contributed by atoms with van der Waals surface area (Å²) in [5.41, 5.74) is 0.303. The fourth-order valence-corrected chi connectivity index (χ4v) is 11.1. The van der Waals surface area contributed by atoms with E-state index in [1.165, 1.54) is 116 Å². The quantitative estimate of drug-likeness (QED) is 0.0404. The molecule has 0 saturated carbocycles. The van der Waals surface area contributed by atoms with E-state index in [1.807, 2.05) is 0 Å². The first-order chi connectivity index (χ1) is 47.9. The molecule has 0 spiro atoms. The maximum Gasteiger partial charge on any atom is 0.338 e. The summed E-state index contributed by atoms with van der Waals surface area (Å²) < 4.78 is 93.6. The van der Waals surface area contributed by atoms with Crippen LogP contribution in [0.5, 0.6) is 0 Å². The van der Waals surface area contributed by atoms with Crippen molar-refractivity contribution < 1.29 is 119 Å². The molecule has 0 N–H and O–H groups in total. The van der Waals surface area contributed by atoms with E-state index < -0.39 is 171 Å². The van der Waals surface area contributed by atoms with Gasteiger partial charge in [0.2, 0.25) is 6.29 Å². The summed E-state index contributed by atoms with van der Waals surface area (Å²) >= 11 is 0. The highest BCUT2D eigenvalue weighted by Gasteiger charge is 2.59. The van der Waals surface area contributed by atoms with Gasteiger partial charge in [-0.3, -0.25) is 14.4 Å². The zero-order chi connectivity index (χ0) is 70.0. The van der Waals surface area contributed by atoms with Crippen LogP contribution in [0.1, 0.15) is 100 Å². The van der Waals surface area contributed by atoms with Crippen molar-refractivity contribution in [3.05, 3.63) is 251 Å². The summed E-state index contributed by atoms with van der Waals surface area (Å²) in [6.45, 7) is 2.29. The molecule has 15 atom stereocenters. The third kappa shape index (κ3) is 18.6. The second kappa shape index (κ2) is 33.8. The smallest absolute Gasteiger partial charge is 0.338 e. The minimum absolute atomic E-state index is 0.00707. The number of carbonyl (C=O) groups excluding carboxylic acids is 10. The lowest BCUT2D eigenvalue weighted by atomic mass is 9.91. The minimum atomic E-state index is -2.19. The lowest BCUT2D eigenvalue weighted by molar-refractivity contribution is -0.360. The van der Waals surface area contributed by atoms with Gasteiger partial charge in [-0.2, -0.15) is 0 Å². The van der Waals surface area contributed by atoms with E-state index in [-0.39, 0.29) is 38.9 Å². The molecule has 0 aromatic heterocycles. The van der Waals surface area contributed by atoms with Gasteiger partial charge < -0.3 is 71.1 Å². The molecular weight excluding hydrogens is 1290 g/mol. The summed E-state index contributed by atoms with van der Waals surface area (Å²) in [5, 5.41) is 0. The molecule has 25 nitrogen and oxygen atoms in total. The van der Waals surface area contributed by atoms with E-state index in [1.54, 1.807) is 103 Å². The molecule has 3 saturated heterocycles. The molecule has 7 aromatic rings. The van der Waals surface area contributed by atoms with Crippen LogP contribution in [-0.4, -0.2) is 166 Å². The van der Waals surface area contributed by atoms with Crippen molar-refractivity contribution in [3.63, 3.8) is 0 Å². The van der Waals surface area contributed by atoms with Crippen LogP contribution in [0.2, 0.25) is 0 Å². The molecule has 99 heavy (non-hydrogen) atoms. The monoisotopic (exact) mass is 1360 g/mol. The molecule has 3 aliphatic rings. The maximum absolute atomic E-state index is 14.6. The predicted molar refractivity (Wildman–Crippen MR) is 341 cm³/mol. The average molecular weight is 1360 g/mol. The van der Waals surface area contributed by atoms with E-state index in [9.17, 15) is 47.9 Å². The Morgan fingerprint density at radius 3 is 0.899 bits per heavy atom. The summed E-state index contributed by atoms with van der Waals surface area (Å²) in [6, 6.07) is 54.0. The second-order valence-corrected chi connectivity index (χ2v) is 22.8. The van der Waals surface area contributed by atoms with Crippen molar-refractivity contribution in [2.24, 2.45) is 5.92 Å². The van der Waals surface area contributed by atoms with Crippen molar-refractivity contribution in [3.8, 4) is 0 Å². The summed E-state index contributed by atoms with van der Waals surface area (Å²) in [7, 11) is 0. The van der Waals surface area contributed by atoms with Crippen LogP contribution in [0.3, 0.4) is 0 Å². The average Bonchev–Trinajstić information content (AvgIpc) is 0.766. The van der Waals surface area contributed by atoms with E-state index in [2.05, 4.69) is 0 Å². The van der Waals surface area contributed by atoms with Gasteiger partial charge in [-0.1, -0.05) is 134 Å². The fraction of sp³-hybridized carbons (Fsp3) is 0.297. The van der Waals surface area contributed by atoms with E-state index in [0.29, 0.717) is 0 Å². The van der Waals surface area contributed by atoms with Crippen molar-refractivity contribution in [1.29, 1.82) is 0 Å². The van der Waals surface area contributed by atoms with E-state index in [4.69, 9.17) is 71.1 Å². The number of esters is 10. The molecular formula is C74H68O25. The molecule has 0 aliphatic carbocycles. The molecule has 3 fully saturated rings. The van der Waals surface area contributed by atoms with Crippen LogP contribution in [0.4, 0.5) is 0 Å². The molecule has 25 heteroatoms. The van der Waals surface area contributed by atoms with Crippen LogP contribution in [-0.2, 0) is 85.4 Å². The number of ether oxygens (including phenoxy) is 15. The van der Waals surface area contributed by atoms with E-state index >= 15 is 0 Å². The zero-order valence-corrected chi connectivity index (χ0v) is 53.7. The van der Waals surface area contributed by atoms with Crippen molar-refractivity contribution in [2.75, 3.05) is 19.8 Å². The lowest BCUT2D eigenvalue weighted by Crippen LogP contribution is -2.67. The minimum Gasteiger partial charge on any atom is -0.459 e. The first kappa shape index (κ1) is 70.8. The Bertz CT molecular complexity index is 3900. The molecule has 0 bridgehead atoms. The van der Waals surface area contributed by atoms with Gasteiger partial charge in [0.05, 0.1) is 45.6 Å². The summed E-state index contributed by atoms with van der Waals surface area (Å²) in [6.07, 6.45) is -25.7. The zero-order valence-electron chi connectivity index (χ0n) is 53.7. The normalized spacial score (nSPS) is 24.7. The van der Waals surface area contributed by atoms with Gasteiger partial charge in [0, 0.05) is 26.7 Å². The van der Waals surface area contributed by atoms with Gasteiger partial charge in [0.1, 0.15) is 43.7 Å². The Morgan fingerprint density at radius 1 is 0.273 bits per heavy atom. The van der Waals surface area contributed by atoms with Gasteiger partial charge in [-0.05, 0) is 84.9 Å². The van der Waals surface area contributed by atoms with Crippen molar-refractivity contribution >= 4 is 59.7 Å².